The SMILES string of the molecule is O=C(O)NCC(=O)Nc1cccc([N+](=O)[O-])c1. The lowest BCUT2D eigenvalue weighted by Crippen LogP contribution is -2.31. The average molecular weight is 239 g/mol. The van der Waals surface area contributed by atoms with Gasteiger partial charge in [-0.1, -0.05) is 6.07 Å². The molecule has 0 aromatic heterocycles. The van der Waals surface area contributed by atoms with Gasteiger partial charge in [0.2, 0.25) is 5.91 Å². The van der Waals surface area contributed by atoms with Crippen LogP contribution in [0.4, 0.5) is 16.2 Å². The molecular formula is C9H9N3O5. The minimum Gasteiger partial charge on any atom is -0.465 e. The summed E-state index contributed by atoms with van der Waals surface area (Å²) in [6.07, 6.45) is -1.32. The second-order valence-corrected chi connectivity index (χ2v) is 3.01. The summed E-state index contributed by atoms with van der Waals surface area (Å²) in [6.45, 7) is -0.419. The van der Waals surface area contributed by atoms with Crippen molar-refractivity contribution in [3.63, 3.8) is 0 Å². The summed E-state index contributed by atoms with van der Waals surface area (Å²) in [6, 6.07) is 5.34. The number of anilines is 1. The average Bonchev–Trinajstić information content (AvgIpc) is 2.26. The zero-order chi connectivity index (χ0) is 12.8. The maximum atomic E-state index is 11.2. The van der Waals surface area contributed by atoms with E-state index < -0.39 is 23.5 Å². The summed E-state index contributed by atoms with van der Waals surface area (Å²) < 4.78 is 0. The van der Waals surface area contributed by atoms with E-state index in [1.807, 2.05) is 5.32 Å². The molecule has 3 N–H and O–H groups in total. The number of carboxylic acid groups (broad SMARTS) is 1. The number of nitro benzene ring substituents is 1. The maximum Gasteiger partial charge on any atom is 0.405 e. The first-order chi connectivity index (χ1) is 7.99. The molecule has 90 valence electrons. The zero-order valence-electron chi connectivity index (χ0n) is 8.54. The second-order valence-electron chi connectivity index (χ2n) is 3.01. The number of hydrogen-bond acceptors (Lipinski definition) is 4. The fourth-order valence-corrected chi connectivity index (χ4v) is 1.06. The molecule has 1 aromatic carbocycles. The molecule has 0 atom stereocenters. The van der Waals surface area contributed by atoms with Gasteiger partial charge in [0.1, 0.15) is 6.54 Å². The van der Waals surface area contributed by atoms with Crippen LogP contribution in [0.3, 0.4) is 0 Å². The molecule has 0 bridgehead atoms. The molecule has 0 unspecified atom stereocenters. The standard InChI is InChI=1S/C9H9N3O5/c13-8(5-10-9(14)15)11-6-2-1-3-7(4-6)12(16)17/h1-4,10H,5H2,(H,11,13)(H,14,15). The van der Waals surface area contributed by atoms with Gasteiger partial charge in [0.15, 0.2) is 0 Å². The van der Waals surface area contributed by atoms with E-state index in [2.05, 4.69) is 5.32 Å². The number of rotatable bonds is 4. The molecule has 1 aromatic rings. The number of carbonyl (C=O) groups is 2. The van der Waals surface area contributed by atoms with Crippen molar-refractivity contribution in [2.45, 2.75) is 0 Å². The highest BCUT2D eigenvalue weighted by molar-refractivity contribution is 5.93. The summed E-state index contributed by atoms with van der Waals surface area (Å²) in [5.41, 5.74) is 0.0744. The maximum absolute atomic E-state index is 11.2. The molecule has 0 radical (unpaired) electrons. The normalized spacial score (nSPS) is 9.41. The van der Waals surface area contributed by atoms with Crippen LogP contribution < -0.4 is 10.6 Å². The van der Waals surface area contributed by atoms with Gasteiger partial charge in [0.25, 0.3) is 5.69 Å². The third-order valence-electron chi connectivity index (χ3n) is 1.74. The van der Waals surface area contributed by atoms with Crippen LogP contribution in [-0.4, -0.2) is 28.6 Å². The van der Waals surface area contributed by atoms with Gasteiger partial charge in [-0.2, -0.15) is 0 Å². The molecule has 2 amide bonds. The van der Waals surface area contributed by atoms with Gasteiger partial charge < -0.3 is 15.7 Å². The van der Waals surface area contributed by atoms with Gasteiger partial charge >= 0.3 is 6.09 Å². The lowest BCUT2D eigenvalue weighted by Gasteiger charge is -2.04. The van der Waals surface area contributed by atoms with E-state index in [1.165, 1.54) is 24.3 Å². The summed E-state index contributed by atoms with van der Waals surface area (Å²) in [4.78, 5) is 31.2. The summed E-state index contributed by atoms with van der Waals surface area (Å²) in [7, 11) is 0. The van der Waals surface area contributed by atoms with Crippen molar-refractivity contribution in [3.8, 4) is 0 Å². The Morgan fingerprint density at radius 3 is 2.71 bits per heavy atom. The highest BCUT2D eigenvalue weighted by atomic mass is 16.6. The Bertz CT molecular complexity index is 460. The van der Waals surface area contributed by atoms with Crippen LogP contribution >= 0.6 is 0 Å². The number of non-ortho nitro benzene ring substituents is 1. The molecule has 0 saturated carbocycles. The highest BCUT2D eigenvalue weighted by Crippen LogP contribution is 2.16. The lowest BCUT2D eigenvalue weighted by atomic mass is 10.3. The smallest absolute Gasteiger partial charge is 0.405 e. The van der Waals surface area contributed by atoms with Crippen LogP contribution in [0.15, 0.2) is 24.3 Å². The van der Waals surface area contributed by atoms with Gasteiger partial charge in [-0.15, -0.1) is 0 Å². The molecular weight excluding hydrogens is 230 g/mol. The Hall–Kier alpha value is -2.64. The van der Waals surface area contributed by atoms with E-state index in [9.17, 15) is 19.7 Å². The number of nitro groups is 1. The first kappa shape index (κ1) is 12.4. The van der Waals surface area contributed by atoms with Crippen molar-refractivity contribution in [2.24, 2.45) is 0 Å². The lowest BCUT2D eigenvalue weighted by molar-refractivity contribution is -0.384. The summed E-state index contributed by atoms with van der Waals surface area (Å²) in [5.74, 6) is -0.604. The van der Waals surface area contributed by atoms with Gasteiger partial charge in [0, 0.05) is 17.8 Å². The van der Waals surface area contributed by atoms with E-state index in [0.717, 1.165) is 0 Å². The first-order valence-corrected chi connectivity index (χ1v) is 4.50. The Morgan fingerprint density at radius 2 is 2.12 bits per heavy atom. The first-order valence-electron chi connectivity index (χ1n) is 4.50. The molecule has 8 nitrogen and oxygen atoms in total. The Morgan fingerprint density at radius 1 is 1.41 bits per heavy atom. The Kier molecular flexibility index (Phi) is 3.98. The van der Waals surface area contributed by atoms with E-state index >= 15 is 0 Å². The molecule has 0 heterocycles. The molecule has 0 aliphatic heterocycles. The second kappa shape index (κ2) is 5.45. The number of nitrogens with one attached hydrogen (secondary N) is 2. The van der Waals surface area contributed by atoms with Crippen molar-refractivity contribution in [3.05, 3.63) is 34.4 Å². The third kappa shape index (κ3) is 4.16. The highest BCUT2D eigenvalue weighted by Gasteiger charge is 2.08. The van der Waals surface area contributed by atoms with E-state index in [4.69, 9.17) is 5.11 Å². The number of hydrogen-bond donors (Lipinski definition) is 3. The van der Waals surface area contributed by atoms with E-state index in [-0.39, 0.29) is 11.4 Å². The van der Waals surface area contributed by atoms with Crippen molar-refractivity contribution >= 4 is 23.4 Å². The van der Waals surface area contributed by atoms with E-state index in [1.54, 1.807) is 0 Å². The number of carbonyl (C=O) groups excluding carboxylic acids is 1. The van der Waals surface area contributed by atoms with Crippen LogP contribution in [-0.2, 0) is 4.79 Å². The fraction of sp³-hybridized carbons (Fsp3) is 0.111. The van der Waals surface area contributed by atoms with Gasteiger partial charge in [-0.05, 0) is 6.07 Å². The van der Waals surface area contributed by atoms with Gasteiger partial charge in [-0.25, -0.2) is 4.79 Å². The minimum atomic E-state index is -1.32. The van der Waals surface area contributed by atoms with Gasteiger partial charge in [0.05, 0.1) is 4.92 Å². The Balaban J connectivity index is 2.62. The van der Waals surface area contributed by atoms with Crippen LogP contribution in [0.5, 0.6) is 0 Å². The molecule has 8 heteroatoms. The van der Waals surface area contributed by atoms with Crippen LogP contribution in [0, 0.1) is 10.1 Å². The van der Waals surface area contributed by atoms with Crippen LogP contribution in [0.2, 0.25) is 0 Å². The topological polar surface area (TPSA) is 122 Å². The molecule has 0 aliphatic rings. The van der Waals surface area contributed by atoms with Crippen LogP contribution in [0.1, 0.15) is 0 Å². The monoisotopic (exact) mass is 239 g/mol. The largest absolute Gasteiger partial charge is 0.465 e. The quantitative estimate of drug-likeness (QED) is 0.530. The summed E-state index contributed by atoms with van der Waals surface area (Å²) >= 11 is 0. The van der Waals surface area contributed by atoms with E-state index in [0.29, 0.717) is 0 Å². The number of benzene rings is 1. The molecule has 0 saturated heterocycles. The van der Waals surface area contributed by atoms with Gasteiger partial charge in [-0.3, -0.25) is 14.9 Å². The fourth-order valence-electron chi connectivity index (χ4n) is 1.06. The third-order valence-corrected chi connectivity index (χ3v) is 1.74. The van der Waals surface area contributed by atoms with Crippen molar-refractivity contribution in [1.29, 1.82) is 0 Å². The molecule has 1 rings (SSSR count). The predicted molar refractivity (Wildman–Crippen MR) is 57.8 cm³/mol. The Labute approximate surface area is 95.4 Å². The predicted octanol–water partition coefficient (Wildman–Crippen LogP) is 0.801. The molecule has 0 fully saturated rings. The number of nitrogens with zero attached hydrogens (tertiary/aromatic N) is 1. The van der Waals surface area contributed by atoms with Crippen LogP contribution in [0.25, 0.3) is 0 Å². The zero-order valence-corrected chi connectivity index (χ0v) is 8.54. The van der Waals surface area contributed by atoms with Crippen molar-refractivity contribution in [2.75, 3.05) is 11.9 Å². The minimum absolute atomic E-state index is 0.158. The van der Waals surface area contributed by atoms with Crippen molar-refractivity contribution in [1.82, 2.24) is 5.32 Å². The summed E-state index contributed by atoms with van der Waals surface area (Å²) in [5, 5.41) is 22.9. The van der Waals surface area contributed by atoms with Crippen molar-refractivity contribution < 1.29 is 19.6 Å². The molecule has 0 spiro atoms. The number of amides is 2. The molecule has 0 aliphatic carbocycles. The molecule has 17 heavy (non-hydrogen) atoms.